The Kier molecular flexibility index (Phi) is 8.52. The van der Waals surface area contributed by atoms with Crippen molar-refractivity contribution >= 4 is 24.0 Å². The summed E-state index contributed by atoms with van der Waals surface area (Å²) in [5, 5.41) is 4.15. The van der Waals surface area contributed by atoms with E-state index in [1.165, 1.54) is 6.42 Å². The molecule has 1 unspecified atom stereocenters. The van der Waals surface area contributed by atoms with Gasteiger partial charge in [-0.25, -0.2) is 0 Å². The van der Waals surface area contributed by atoms with E-state index in [4.69, 9.17) is 25.8 Å². The van der Waals surface area contributed by atoms with E-state index in [1.807, 2.05) is 36.4 Å². The van der Waals surface area contributed by atoms with Gasteiger partial charge in [-0.2, -0.15) is 0 Å². The van der Waals surface area contributed by atoms with Crippen LogP contribution in [-0.2, 0) is 17.9 Å². The third-order valence-electron chi connectivity index (χ3n) is 4.24. The van der Waals surface area contributed by atoms with Crippen LogP contribution in [0.3, 0.4) is 0 Å². The molecular weight excluding hydrogens is 373 g/mol. The molecule has 1 atom stereocenters. The van der Waals surface area contributed by atoms with Gasteiger partial charge < -0.3 is 19.5 Å². The van der Waals surface area contributed by atoms with Crippen LogP contribution in [0.15, 0.2) is 42.5 Å². The van der Waals surface area contributed by atoms with Gasteiger partial charge in [0.05, 0.1) is 13.2 Å². The third kappa shape index (κ3) is 6.06. The fourth-order valence-corrected chi connectivity index (χ4v) is 3.12. The maximum absolute atomic E-state index is 6.01. The lowest BCUT2D eigenvalue weighted by Gasteiger charge is -2.14. The average molecular weight is 398 g/mol. The molecule has 1 aliphatic rings. The van der Waals surface area contributed by atoms with E-state index in [-0.39, 0.29) is 12.4 Å². The number of halogens is 2. The monoisotopic (exact) mass is 397 g/mol. The first-order valence-corrected chi connectivity index (χ1v) is 8.99. The van der Waals surface area contributed by atoms with Gasteiger partial charge in [-0.3, -0.25) is 0 Å². The summed E-state index contributed by atoms with van der Waals surface area (Å²) in [7, 11) is 1.66. The molecule has 1 saturated heterocycles. The SMILES string of the molecule is COc1cc(CNCC2CCCO2)ccc1OCc1cccc(Cl)c1.Cl. The largest absolute Gasteiger partial charge is 0.493 e. The number of rotatable bonds is 8. The Morgan fingerprint density at radius 2 is 2.04 bits per heavy atom. The summed E-state index contributed by atoms with van der Waals surface area (Å²) in [5.41, 5.74) is 2.18. The molecule has 6 heteroatoms. The minimum Gasteiger partial charge on any atom is -0.493 e. The van der Waals surface area contributed by atoms with Crippen LogP contribution >= 0.6 is 24.0 Å². The number of hydrogen-bond acceptors (Lipinski definition) is 4. The summed E-state index contributed by atoms with van der Waals surface area (Å²) < 4.78 is 17.0. The first kappa shape index (κ1) is 20.8. The van der Waals surface area contributed by atoms with Crippen molar-refractivity contribution in [2.24, 2.45) is 0 Å². The summed E-state index contributed by atoms with van der Waals surface area (Å²) in [6.45, 7) is 3.01. The number of nitrogens with one attached hydrogen (secondary N) is 1. The van der Waals surface area contributed by atoms with Gasteiger partial charge in [-0.1, -0.05) is 29.8 Å². The van der Waals surface area contributed by atoms with Crippen molar-refractivity contribution in [2.45, 2.75) is 32.1 Å². The van der Waals surface area contributed by atoms with E-state index in [9.17, 15) is 0 Å². The topological polar surface area (TPSA) is 39.7 Å². The summed E-state index contributed by atoms with van der Waals surface area (Å²) in [6.07, 6.45) is 2.66. The van der Waals surface area contributed by atoms with Gasteiger partial charge in [0.15, 0.2) is 11.5 Å². The maximum atomic E-state index is 6.01. The second-order valence-corrected chi connectivity index (χ2v) is 6.61. The number of ether oxygens (including phenoxy) is 3. The molecule has 0 aliphatic carbocycles. The molecule has 1 heterocycles. The van der Waals surface area contributed by atoms with Gasteiger partial charge >= 0.3 is 0 Å². The minimum absolute atomic E-state index is 0. The van der Waals surface area contributed by atoms with E-state index in [1.54, 1.807) is 7.11 Å². The van der Waals surface area contributed by atoms with E-state index < -0.39 is 0 Å². The van der Waals surface area contributed by atoms with Crippen molar-refractivity contribution in [2.75, 3.05) is 20.3 Å². The molecular formula is C20H25Cl2NO3. The van der Waals surface area contributed by atoms with Crippen molar-refractivity contribution in [1.82, 2.24) is 5.32 Å². The Balaban J connectivity index is 0.00000243. The highest BCUT2D eigenvalue weighted by molar-refractivity contribution is 6.30. The predicted octanol–water partition coefficient (Wildman–Crippen LogP) is 4.62. The van der Waals surface area contributed by atoms with E-state index in [2.05, 4.69) is 11.4 Å². The van der Waals surface area contributed by atoms with Crippen LogP contribution in [0.2, 0.25) is 5.02 Å². The molecule has 0 bridgehead atoms. The Morgan fingerprint density at radius 1 is 1.15 bits per heavy atom. The Morgan fingerprint density at radius 3 is 2.77 bits per heavy atom. The molecule has 4 nitrogen and oxygen atoms in total. The van der Waals surface area contributed by atoms with Crippen molar-refractivity contribution in [3.63, 3.8) is 0 Å². The zero-order valence-electron chi connectivity index (χ0n) is 14.9. The molecule has 142 valence electrons. The quantitative estimate of drug-likeness (QED) is 0.705. The zero-order chi connectivity index (χ0) is 17.5. The lowest BCUT2D eigenvalue weighted by Crippen LogP contribution is -2.25. The van der Waals surface area contributed by atoms with Gasteiger partial charge in [-0.05, 0) is 48.2 Å². The molecule has 2 aromatic rings. The average Bonchev–Trinajstić information content (AvgIpc) is 3.14. The normalized spacial score (nSPS) is 16.2. The van der Waals surface area contributed by atoms with Gasteiger partial charge in [0.25, 0.3) is 0 Å². The lowest BCUT2D eigenvalue weighted by atomic mass is 10.2. The van der Waals surface area contributed by atoms with E-state index in [0.717, 1.165) is 48.7 Å². The van der Waals surface area contributed by atoms with Gasteiger partial charge in [0.1, 0.15) is 6.61 Å². The fraction of sp³-hybridized carbons (Fsp3) is 0.400. The van der Waals surface area contributed by atoms with Crippen molar-refractivity contribution in [1.29, 1.82) is 0 Å². The zero-order valence-corrected chi connectivity index (χ0v) is 16.4. The second kappa shape index (κ2) is 10.6. The molecule has 3 rings (SSSR count). The van der Waals surface area contributed by atoms with Crippen molar-refractivity contribution in [3.8, 4) is 11.5 Å². The molecule has 0 amide bonds. The number of hydrogen-bond donors (Lipinski definition) is 1. The van der Waals surface area contributed by atoms with Crippen LogP contribution < -0.4 is 14.8 Å². The molecule has 0 radical (unpaired) electrons. The molecule has 2 aromatic carbocycles. The van der Waals surface area contributed by atoms with Crippen LogP contribution in [-0.4, -0.2) is 26.4 Å². The Bertz CT molecular complexity index is 691. The van der Waals surface area contributed by atoms with Crippen molar-refractivity contribution < 1.29 is 14.2 Å². The molecule has 0 aromatic heterocycles. The highest BCUT2D eigenvalue weighted by atomic mass is 35.5. The van der Waals surface area contributed by atoms with Gasteiger partial charge in [0.2, 0.25) is 0 Å². The second-order valence-electron chi connectivity index (χ2n) is 6.17. The molecule has 26 heavy (non-hydrogen) atoms. The Hall–Kier alpha value is -1.46. The number of benzene rings is 2. The first-order valence-electron chi connectivity index (χ1n) is 8.61. The standard InChI is InChI=1S/C20H24ClNO3.ClH/c1-23-20-11-15(12-22-13-18-6-3-9-24-18)7-8-19(20)25-14-16-4-2-5-17(21)10-16;/h2,4-5,7-8,10-11,18,22H,3,6,9,12-14H2,1H3;1H. The summed E-state index contributed by atoms with van der Waals surface area (Å²) in [6, 6.07) is 13.7. The van der Waals surface area contributed by atoms with Crippen LogP contribution in [0.5, 0.6) is 11.5 Å². The Labute approximate surface area is 166 Å². The third-order valence-corrected chi connectivity index (χ3v) is 4.47. The number of methoxy groups -OCH3 is 1. The highest BCUT2D eigenvalue weighted by Gasteiger charge is 2.14. The fourth-order valence-electron chi connectivity index (χ4n) is 2.91. The van der Waals surface area contributed by atoms with Gasteiger partial charge in [-0.15, -0.1) is 12.4 Å². The highest BCUT2D eigenvalue weighted by Crippen LogP contribution is 2.29. The van der Waals surface area contributed by atoms with Crippen LogP contribution in [0.4, 0.5) is 0 Å². The van der Waals surface area contributed by atoms with E-state index in [0.29, 0.717) is 17.7 Å². The van der Waals surface area contributed by atoms with Gasteiger partial charge in [0, 0.05) is 24.7 Å². The lowest BCUT2D eigenvalue weighted by molar-refractivity contribution is 0.110. The summed E-state index contributed by atoms with van der Waals surface area (Å²) in [4.78, 5) is 0. The minimum atomic E-state index is 0. The van der Waals surface area contributed by atoms with Crippen LogP contribution in [0, 0.1) is 0 Å². The first-order chi connectivity index (χ1) is 12.2. The molecule has 1 aliphatic heterocycles. The van der Waals surface area contributed by atoms with Crippen molar-refractivity contribution in [3.05, 3.63) is 58.6 Å². The molecule has 0 spiro atoms. The molecule has 1 fully saturated rings. The van der Waals surface area contributed by atoms with E-state index >= 15 is 0 Å². The molecule has 1 N–H and O–H groups in total. The molecule has 0 saturated carbocycles. The van der Waals surface area contributed by atoms with Crippen LogP contribution in [0.1, 0.15) is 24.0 Å². The summed E-state index contributed by atoms with van der Waals surface area (Å²) >= 11 is 6.01. The summed E-state index contributed by atoms with van der Waals surface area (Å²) in [5.74, 6) is 1.46. The smallest absolute Gasteiger partial charge is 0.161 e. The van der Waals surface area contributed by atoms with Crippen LogP contribution in [0.25, 0.3) is 0 Å². The maximum Gasteiger partial charge on any atom is 0.161 e. The predicted molar refractivity (Wildman–Crippen MR) is 107 cm³/mol.